The van der Waals surface area contributed by atoms with Crippen LogP contribution in [0.4, 0.5) is 4.79 Å². The van der Waals surface area contributed by atoms with Gasteiger partial charge in [-0.1, -0.05) is 13.8 Å². The Balaban J connectivity index is 2.15. The van der Waals surface area contributed by atoms with Crippen molar-refractivity contribution in [1.82, 2.24) is 9.62 Å². The standard InChI is InChI=1S/C15H28N2O4S/c1-13(2,3)22(20)16-11-14(4,5)10-21-15(11)6-8-17(9-7-15)12(18)19/h11,16H,6-10H2,1-5H3,(H,18,19). The Kier molecular flexibility index (Phi) is 4.75. The molecule has 0 bridgehead atoms. The van der Waals surface area contributed by atoms with Crippen LogP contribution in [0.5, 0.6) is 0 Å². The van der Waals surface area contributed by atoms with Crippen molar-refractivity contribution in [2.75, 3.05) is 19.7 Å². The first-order valence-corrected chi connectivity index (χ1v) is 8.93. The van der Waals surface area contributed by atoms with E-state index in [1.807, 2.05) is 20.8 Å². The third-order valence-corrected chi connectivity index (χ3v) is 6.26. The second-order valence-corrected chi connectivity index (χ2v) is 10.0. The van der Waals surface area contributed by atoms with E-state index in [1.165, 1.54) is 4.90 Å². The molecule has 1 amide bonds. The van der Waals surface area contributed by atoms with E-state index in [-0.39, 0.29) is 16.2 Å². The highest BCUT2D eigenvalue weighted by Crippen LogP contribution is 2.45. The topological polar surface area (TPSA) is 84.9 Å². The second kappa shape index (κ2) is 5.85. The predicted molar refractivity (Wildman–Crippen MR) is 86.1 cm³/mol. The number of ether oxygens (including phenoxy) is 1. The van der Waals surface area contributed by atoms with Gasteiger partial charge in [0.25, 0.3) is 0 Å². The van der Waals surface area contributed by atoms with E-state index < -0.39 is 23.1 Å². The van der Waals surface area contributed by atoms with E-state index in [2.05, 4.69) is 18.6 Å². The Morgan fingerprint density at radius 2 is 1.91 bits per heavy atom. The van der Waals surface area contributed by atoms with Crippen molar-refractivity contribution in [3.05, 3.63) is 0 Å². The van der Waals surface area contributed by atoms with E-state index in [9.17, 15) is 9.35 Å². The fourth-order valence-electron chi connectivity index (χ4n) is 3.27. The average molecular weight is 332 g/mol. The van der Waals surface area contributed by atoms with Crippen LogP contribution in [-0.2, 0) is 16.1 Å². The van der Waals surface area contributed by atoms with Gasteiger partial charge in [0.15, 0.2) is 0 Å². The molecule has 1 spiro atoms. The smallest absolute Gasteiger partial charge is 0.407 e. The minimum Gasteiger partial charge on any atom is -0.598 e. The summed E-state index contributed by atoms with van der Waals surface area (Å²) in [5.41, 5.74) is -0.553. The Morgan fingerprint density at radius 1 is 1.36 bits per heavy atom. The maximum atomic E-state index is 12.5. The number of carboxylic acid groups (broad SMARTS) is 1. The molecule has 2 atom stereocenters. The first-order chi connectivity index (χ1) is 9.98. The van der Waals surface area contributed by atoms with Crippen LogP contribution in [-0.4, -0.2) is 56.7 Å². The highest BCUT2D eigenvalue weighted by atomic mass is 32.2. The molecule has 2 saturated heterocycles. The fourth-order valence-corrected chi connectivity index (χ4v) is 4.37. The molecular weight excluding hydrogens is 304 g/mol. The Morgan fingerprint density at radius 3 is 2.36 bits per heavy atom. The lowest BCUT2D eigenvalue weighted by Crippen LogP contribution is -2.61. The average Bonchev–Trinajstić information content (AvgIpc) is 2.63. The lowest BCUT2D eigenvalue weighted by molar-refractivity contribution is -0.0493. The number of nitrogens with one attached hydrogen (secondary N) is 1. The number of carbonyl (C=O) groups is 1. The minimum atomic E-state index is -1.18. The summed E-state index contributed by atoms with van der Waals surface area (Å²) in [6, 6.07) is -0.0454. The summed E-state index contributed by atoms with van der Waals surface area (Å²) >= 11 is -1.18. The molecule has 6 nitrogen and oxygen atoms in total. The lowest BCUT2D eigenvalue weighted by atomic mass is 9.75. The van der Waals surface area contributed by atoms with Gasteiger partial charge in [0, 0.05) is 29.9 Å². The van der Waals surface area contributed by atoms with Gasteiger partial charge in [-0.25, -0.2) is 4.79 Å². The van der Waals surface area contributed by atoms with Gasteiger partial charge < -0.3 is 19.3 Å². The van der Waals surface area contributed by atoms with Crippen LogP contribution in [0.25, 0.3) is 0 Å². The molecule has 2 aliphatic rings. The van der Waals surface area contributed by atoms with E-state index >= 15 is 0 Å². The van der Waals surface area contributed by atoms with Crippen LogP contribution in [0, 0.1) is 5.41 Å². The van der Waals surface area contributed by atoms with Crippen molar-refractivity contribution in [2.45, 2.75) is 63.9 Å². The third-order valence-electron chi connectivity index (χ3n) is 4.70. The minimum absolute atomic E-state index is 0.0454. The van der Waals surface area contributed by atoms with Crippen LogP contribution in [0.15, 0.2) is 0 Å². The Labute approximate surface area is 135 Å². The third kappa shape index (κ3) is 3.37. The number of rotatable bonds is 2. The summed E-state index contributed by atoms with van der Waals surface area (Å²) in [5.74, 6) is 0. The summed E-state index contributed by atoms with van der Waals surface area (Å²) in [6.45, 7) is 11.6. The molecule has 22 heavy (non-hydrogen) atoms. The highest BCUT2D eigenvalue weighted by Gasteiger charge is 2.57. The summed E-state index contributed by atoms with van der Waals surface area (Å²) in [5, 5.41) is 9.11. The summed E-state index contributed by atoms with van der Waals surface area (Å²) in [7, 11) is 0. The molecule has 0 aliphatic carbocycles. The highest BCUT2D eigenvalue weighted by molar-refractivity contribution is 7.90. The van der Waals surface area contributed by atoms with E-state index in [0.717, 1.165) is 0 Å². The zero-order valence-electron chi connectivity index (χ0n) is 14.1. The molecule has 2 aliphatic heterocycles. The zero-order valence-corrected chi connectivity index (χ0v) is 15.0. The van der Waals surface area contributed by atoms with Crippen LogP contribution < -0.4 is 4.72 Å². The van der Waals surface area contributed by atoms with E-state index in [1.54, 1.807) is 0 Å². The van der Waals surface area contributed by atoms with Gasteiger partial charge in [-0.3, -0.25) is 0 Å². The summed E-state index contributed by atoms with van der Waals surface area (Å²) < 4.78 is 21.6. The fraction of sp³-hybridized carbons (Fsp3) is 0.933. The molecule has 0 aromatic heterocycles. The van der Waals surface area contributed by atoms with E-state index in [0.29, 0.717) is 32.5 Å². The van der Waals surface area contributed by atoms with Crippen molar-refractivity contribution >= 4 is 17.5 Å². The molecule has 2 fully saturated rings. The second-order valence-electron chi connectivity index (χ2n) is 8.04. The predicted octanol–water partition coefficient (Wildman–Crippen LogP) is 1.98. The molecular formula is C15H28N2O4S. The van der Waals surface area contributed by atoms with Crippen LogP contribution in [0.2, 0.25) is 0 Å². The summed E-state index contributed by atoms with van der Waals surface area (Å²) in [4.78, 5) is 12.5. The van der Waals surface area contributed by atoms with Gasteiger partial charge in [-0.15, -0.1) is 4.72 Å². The molecule has 0 radical (unpaired) electrons. The number of hydrogen-bond acceptors (Lipinski definition) is 4. The van der Waals surface area contributed by atoms with Gasteiger partial charge in [0.05, 0.1) is 18.2 Å². The van der Waals surface area contributed by atoms with Crippen molar-refractivity contribution in [1.29, 1.82) is 0 Å². The number of hydrogen-bond donors (Lipinski definition) is 2. The van der Waals surface area contributed by atoms with Crippen molar-refractivity contribution < 1.29 is 19.2 Å². The molecule has 2 rings (SSSR count). The monoisotopic (exact) mass is 332 g/mol. The van der Waals surface area contributed by atoms with Crippen LogP contribution >= 0.6 is 0 Å². The van der Waals surface area contributed by atoms with Gasteiger partial charge in [0.1, 0.15) is 4.75 Å². The molecule has 2 unspecified atom stereocenters. The first kappa shape index (κ1) is 17.8. The maximum Gasteiger partial charge on any atom is 0.407 e. The Bertz CT molecular complexity index is 428. The SMILES string of the molecule is CC1(C)COC2(CCN(C(=O)O)CC2)C1N[S+]([O-])C(C)(C)C. The van der Waals surface area contributed by atoms with E-state index in [4.69, 9.17) is 9.84 Å². The molecule has 0 aromatic rings. The Hall–Kier alpha value is -0.500. The van der Waals surface area contributed by atoms with Gasteiger partial charge >= 0.3 is 6.09 Å². The van der Waals surface area contributed by atoms with Crippen LogP contribution in [0.1, 0.15) is 47.5 Å². The van der Waals surface area contributed by atoms with Gasteiger partial charge in [-0.2, -0.15) is 0 Å². The zero-order chi connectivity index (χ0) is 16.8. The van der Waals surface area contributed by atoms with Gasteiger partial charge in [0.2, 0.25) is 0 Å². The largest absolute Gasteiger partial charge is 0.598 e. The number of likely N-dealkylation sites (tertiary alicyclic amines) is 1. The molecule has 128 valence electrons. The van der Waals surface area contributed by atoms with Gasteiger partial charge in [-0.05, 0) is 33.6 Å². The quantitative estimate of drug-likeness (QED) is 0.755. The van der Waals surface area contributed by atoms with Crippen molar-refractivity contribution in [3.63, 3.8) is 0 Å². The number of amides is 1. The van der Waals surface area contributed by atoms with Crippen molar-refractivity contribution in [2.24, 2.45) is 5.41 Å². The molecule has 0 aromatic carbocycles. The first-order valence-electron chi connectivity index (χ1n) is 7.78. The summed E-state index contributed by atoms with van der Waals surface area (Å²) in [6.07, 6.45) is 0.401. The molecule has 2 N–H and O–H groups in total. The van der Waals surface area contributed by atoms with Crippen LogP contribution in [0.3, 0.4) is 0 Å². The lowest BCUT2D eigenvalue weighted by Gasteiger charge is -2.44. The molecule has 7 heteroatoms. The normalized spacial score (nSPS) is 28.8. The van der Waals surface area contributed by atoms with Crippen molar-refractivity contribution in [3.8, 4) is 0 Å². The number of piperidine rings is 1. The number of nitrogens with zero attached hydrogens (tertiary/aromatic N) is 1. The molecule has 2 heterocycles. The maximum absolute atomic E-state index is 12.5. The molecule has 0 saturated carbocycles.